The van der Waals surface area contributed by atoms with Crippen molar-refractivity contribution in [1.29, 1.82) is 0 Å². The molecule has 0 aliphatic carbocycles. The number of anilines is 1. The van der Waals surface area contributed by atoms with E-state index in [2.05, 4.69) is 18.8 Å². The molecule has 1 aliphatic rings. The van der Waals surface area contributed by atoms with Crippen LogP contribution in [0.1, 0.15) is 30.6 Å². The van der Waals surface area contributed by atoms with Gasteiger partial charge in [0.15, 0.2) is 0 Å². The summed E-state index contributed by atoms with van der Waals surface area (Å²) in [7, 11) is 0. The van der Waals surface area contributed by atoms with Crippen LogP contribution in [0.25, 0.3) is 0 Å². The fraction of sp³-hybridized carbons (Fsp3) is 0.562. The molecule has 0 bridgehead atoms. The van der Waals surface area contributed by atoms with Crippen LogP contribution in [0.2, 0.25) is 0 Å². The highest BCUT2D eigenvalue weighted by atomic mass is 16.2. The molecular formula is C16H25N5O2. The zero-order valence-electron chi connectivity index (χ0n) is 13.7. The van der Waals surface area contributed by atoms with Crippen LogP contribution in [0.3, 0.4) is 0 Å². The quantitative estimate of drug-likeness (QED) is 0.806. The largest absolute Gasteiger partial charge is 0.365 e. The van der Waals surface area contributed by atoms with Crippen molar-refractivity contribution in [1.82, 2.24) is 9.88 Å². The topological polar surface area (TPSA) is 106 Å². The maximum absolute atomic E-state index is 12.3. The van der Waals surface area contributed by atoms with Gasteiger partial charge in [-0.15, -0.1) is 0 Å². The molecule has 1 aromatic heterocycles. The van der Waals surface area contributed by atoms with Crippen LogP contribution in [0.4, 0.5) is 5.82 Å². The molecule has 0 aromatic carbocycles. The number of hydrogen-bond donors (Lipinski definition) is 2. The minimum absolute atomic E-state index is 0.00510. The van der Waals surface area contributed by atoms with E-state index in [1.54, 1.807) is 23.2 Å². The molecule has 126 valence electrons. The number of nitrogens with zero attached hydrogens (tertiary/aromatic N) is 3. The van der Waals surface area contributed by atoms with Crippen LogP contribution in [-0.4, -0.2) is 53.9 Å². The van der Waals surface area contributed by atoms with Crippen LogP contribution in [-0.2, 0) is 4.79 Å². The molecule has 2 heterocycles. The first-order chi connectivity index (χ1) is 10.9. The van der Waals surface area contributed by atoms with Crippen LogP contribution in [0, 0.1) is 5.92 Å². The Morgan fingerprint density at radius 3 is 2.48 bits per heavy atom. The van der Waals surface area contributed by atoms with E-state index in [-0.39, 0.29) is 5.91 Å². The molecule has 23 heavy (non-hydrogen) atoms. The van der Waals surface area contributed by atoms with Crippen molar-refractivity contribution in [2.24, 2.45) is 17.4 Å². The molecule has 1 aromatic rings. The fourth-order valence-electron chi connectivity index (χ4n) is 2.82. The Morgan fingerprint density at radius 2 is 1.91 bits per heavy atom. The predicted molar refractivity (Wildman–Crippen MR) is 89.0 cm³/mol. The number of primary amides is 1. The maximum Gasteiger partial charge on any atom is 0.252 e. The molecule has 7 nitrogen and oxygen atoms in total. The summed E-state index contributed by atoms with van der Waals surface area (Å²) in [6.07, 6.45) is 2.32. The third-order valence-electron chi connectivity index (χ3n) is 3.99. The van der Waals surface area contributed by atoms with E-state index in [0.717, 1.165) is 0 Å². The maximum atomic E-state index is 12.3. The summed E-state index contributed by atoms with van der Waals surface area (Å²) in [5.74, 6) is 0.473. The van der Waals surface area contributed by atoms with Gasteiger partial charge >= 0.3 is 0 Å². The third-order valence-corrected chi connectivity index (χ3v) is 3.99. The highest BCUT2D eigenvalue weighted by Crippen LogP contribution is 2.19. The number of amides is 2. The minimum atomic E-state index is -0.495. The van der Waals surface area contributed by atoms with E-state index < -0.39 is 11.9 Å². The fourth-order valence-corrected chi connectivity index (χ4v) is 2.82. The first kappa shape index (κ1) is 17.2. The molecule has 0 unspecified atom stereocenters. The number of carbonyl (C=O) groups excluding carboxylic acids is 2. The van der Waals surface area contributed by atoms with Gasteiger partial charge in [0, 0.05) is 32.4 Å². The zero-order chi connectivity index (χ0) is 17.0. The Balaban J connectivity index is 1.99. The van der Waals surface area contributed by atoms with Crippen LogP contribution in [0.5, 0.6) is 0 Å². The molecule has 1 aliphatic heterocycles. The Morgan fingerprint density at radius 1 is 1.26 bits per heavy atom. The lowest BCUT2D eigenvalue weighted by molar-refractivity contribution is -0.133. The second-order valence-electron chi connectivity index (χ2n) is 6.29. The second kappa shape index (κ2) is 7.41. The number of nitrogens with two attached hydrogens (primary N) is 2. The average molecular weight is 319 g/mol. The average Bonchev–Trinajstić information content (AvgIpc) is 2.53. The van der Waals surface area contributed by atoms with Gasteiger partial charge in [-0.2, -0.15) is 0 Å². The number of aromatic nitrogens is 1. The van der Waals surface area contributed by atoms with Crippen molar-refractivity contribution >= 4 is 17.6 Å². The third kappa shape index (κ3) is 4.19. The molecule has 2 amide bonds. The molecule has 0 saturated carbocycles. The van der Waals surface area contributed by atoms with E-state index in [0.29, 0.717) is 49.9 Å². The lowest BCUT2D eigenvalue weighted by Crippen LogP contribution is -2.53. The van der Waals surface area contributed by atoms with Crippen molar-refractivity contribution in [3.05, 3.63) is 23.9 Å². The summed E-state index contributed by atoms with van der Waals surface area (Å²) in [5, 5.41) is 0. The molecule has 0 spiro atoms. The predicted octanol–water partition coefficient (Wildman–Crippen LogP) is 0.203. The second-order valence-corrected chi connectivity index (χ2v) is 6.29. The molecule has 1 saturated heterocycles. The van der Waals surface area contributed by atoms with Crippen LogP contribution >= 0.6 is 0 Å². The Bertz CT molecular complexity index is 567. The number of hydrogen-bond acceptors (Lipinski definition) is 5. The van der Waals surface area contributed by atoms with E-state index in [4.69, 9.17) is 11.5 Å². The SMILES string of the molecule is CC(C)C[C@H](N)C(=O)N1CCN(c2ncccc2C(N)=O)CC1. The van der Waals surface area contributed by atoms with Gasteiger partial charge in [0.1, 0.15) is 5.82 Å². The van der Waals surface area contributed by atoms with Crippen molar-refractivity contribution < 1.29 is 9.59 Å². The normalized spacial score (nSPS) is 16.5. The zero-order valence-corrected chi connectivity index (χ0v) is 13.7. The summed E-state index contributed by atoms with van der Waals surface area (Å²) < 4.78 is 0. The highest BCUT2D eigenvalue weighted by Gasteiger charge is 2.27. The molecule has 0 radical (unpaired) electrons. The lowest BCUT2D eigenvalue weighted by atomic mass is 10.0. The number of carbonyl (C=O) groups is 2. The summed E-state index contributed by atoms with van der Waals surface area (Å²) in [6.45, 7) is 6.46. The number of rotatable bonds is 5. The Labute approximate surface area is 136 Å². The van der Waals surface area contributed by atoms with E-state index >= 15 is 0 Å². The van der Waals surface area contributed by atoms with Crippen LogP contribution in [0.15, 0.2) is 18.3 Å². The number of pyridine rings is 1. The standard InChI is InChI=1S/C16H25N5O2/c1-11(2)10-13(17)16(23)21-8-6-20(7-9-21)15-12(14(18)22)4-3-5-19-15/h3-5,11,13H,6-10,17H2,1-2H3,(H2,18,22)/t13-/m0/s1. The molecule has 1 atom stereocenters. The molecule has 1 fully saturated rings. The monoisotopic (exact) mass is 319 g/mol. The molecule has 4 N–H and O–H groups in total. The Hall–Kier alpha value is -2.15. The molecule has 2 rings (SSSR count). The lowest BCUT2D eigenvalue weighted by Gasteiger charge is -2.37. The van der Waals surface area contributed by atoms with Gasteiger partial charge in [-0.25, -0.2) is 4.98 Å². The first-order valence-electron chi connectivity index (χ1n) is 7.94. The first-order valence-corrected chi connectivity index (χ1v) is 7.94. The van der Waals surface area contributed by atoms with E-state index in [9.17, 15) is 9.59 Å². The van der Waals surface area contributed by atoms with Gasteiger partial charge in [0.25, 0.3) is 5.91 Å². The molecular weight excluding hydrogens is 294 g/mol. The summed E-state index contributed by atoms with van der Waals surface area (Å²) in [4.78, 5) is 31.9. The molecule has 7 heteroatoms. The van der Waals surface area contributed by atoms with Crippen LogP contribution < -0.4 is 16.4 Å². The summed E-state index contributed by atoms with van der Waals surface area (Å²) in [5.41, 5.74) is 11.8. The summed E-state index contributed by atoms with van der Waals surface area (Å²) in [6, 6.07) is 2.91. The van der Waals surface area contributed by atoms with Gasteiger partial charge in [-0.05, 0) is 24.5 Å². The van der Waals surface area contributed by atoms with E-state index in [1.807, 2.05) is 4.90 Å². The smallest absolute Gasteiger partial charge is 0.252 e. The van der Waals surface area contributed by atoms with Gasteiger partial charge in [-0.1, -0.05) is 13.8 Å². The van der Waals surface area contributed by atoms with Crippen molar-refractivity contribution in [2.45, 2.75) is 26.3 Å². The Kier molecular flexibility index (Phi) is 5.54. The summed E-state index contributed by atoms with van der Waals surface area (Å²) >= 11 is 0. The van der Waals surface area contributed by atoms with Gasteiger partial charge in [0.2, 0.25) is 5.91 Å². The van der Waals surface area contributed by atoms with Gasteiger partial charge in [-0.3, -0.25) is 9.59 Å². The van der Waals surface area contributed by atoms with Gasteiger partial charge < -0.3 is 21.3 Å². The van der Waals surface area contributed by atoms with Crippen molar-refractivity contribution in [3.8, 4) is 0 Å². The minimum Gasteiger partial charge on any atom is -0.365 e. The highest BCUT2D eigenvalue weighted by molar-refractivity contribution is 5.97. The van der Waals surface area contributed by atoms with Crippen molar-refractivity contribution in [3.63, 3.8) is 0 Å². The van der Waals surface area contributed by atoms with Crippen molar-refractivity contribution in [2.75, 3.05) is 31.1 Å². The van der Waals surface area contributed by atoms with E-state index in [1.165, 1.54) is 0 Å². The number of piperazine rings is 1. The van der Waals surface area contributed by atoms with Gasteiger partial charge in [0.05, 0.1) is 11.6 Å².